The predicted molar refractivity (Wildman–Crippen MR) is 54.7 cm³/mol. The van der Waals surface area contributed by atoms with Gasteiger partial charge in [-0.1, -0.05) is 0 Å². The number of alkyl halides is 1. The Balaban J connectivity index is 2.43. The molecular weight excluding hydrogens is 202 g/mol. The second-order valence-corrected chi connectivity index (χ2v) is 3.07. The van der Waals surface area contributed by atoms with Crippen molar-refractivity contribution in [2.24, 2.45) is 0 Å². The third-order valence-corrected chi connectivity index (χ3v) is 2.06. The minimum absolute atomic E-state index is 0.290. The van der Waals surface area contributed by atoms with Crippen molar-refractivity contribution in [3.63, 3.8) is 0 Å². The number of hydrogen-bond donors (Lipinski definition) is 0. The second kappa shape index (κ2) is 3.88. The fourth-order valence-electron chi connectivity index (χ4n) is 1.27. The third-order valence-electron chi connectivity index (χ3n) is 1.83. The molecule has 1 aromatic heterocycles. The number of rotatable bonds is 3. The summed E-state index contributed by atoms with van der Waals surface area (Å²) in [7, 11) is 0. The lowest BCUT2D eigenvalue weighted by molar-refractivity contribution is 0.340. The highest BCUT2D eigenvalue weighted by molar-refractivity contribution is 6.16. The Labute approximate surface area is 86.6 Å². The summed E-state index contributed by atoms with van der Waals surface area (Å²) < 4.78 is 10.7. The Morgan fingerprint density at radius 2 is 2.36 bits per heavy atom. The fraction of sp³-hybridized carbons (Fsp3) is 0.300. The Bertz CT molecular complexity index is 439. The minimum atomic E-state index is 0.290. The fourth-order valence-corrected chi connectivity index (χ4v) is 1.38. The molecule has 74 valence electrons. The van der Waals surface area contributed by atoms with Crippen LogP contribution in [-0.4, -0.2) is 11.6 Å². The standard InChI is InChI=1S/C10H10ClNO2/c1-2-13-7-3-4-9-8(5-7)12-10(6-11)14-9/h3-5H,2,6H2,1H3. The van der Waals surface area contributed by atoms with E-state index in [-0.39, 0.29) is 0 Å². The SMILES string of the molecule is CCOc1ccc2oc(CCl)nc2c1. The van der Waals surface area contributed by atoms with E-state index in [1.165, 1.54) is 0 Å². The van der Waals surface area contributed by atoms with E-state index in [4.69, 9.17) is 20.8 Å². The van der Waals surface area contributed by atoms with Crippen molar-refractivity contribution < 1.29 is 9.15 Å². The van der Waals surface area contributed by atoms with Crippen molar-refractivity contribution in [1.82, 2.24) is 4.98 Å². The lowest BCUT2D eigenvalue weighted by atomic mass is 10.3. The van der Waals surface area contributed by atoms with E-state index in [9.17, 15) is 0 Å². The first-order chi connectivity index (χ1) is 6.83. The molecule has 0 radical (unpaired) electrons. The van der Waals surface area contributed by atoms with E-state index in [0.29, 0.717) is 18.4 Å². The first-order valence-electron chi connectivity index (χ1n) is 4.41. The number of fused-ring (bicyclic) bond motifs is 1. The predicted octanol–water partition coefficient (Wildman–Crippen LogP) is 2.97. The Kier molecular flexibility index (Phi) is 2.59. The molecule has 1 heterocycles. The topological polar surface area (TPSA) is 35.3 Å². The molecule has 0 aliphatic carbocycles. The van der Waals surface area contributed by atoms with E-state index in [1.54, 1.807) is 0 Å². The van der Waals surface area contributed by atoms with Crippen molar-refractivity contribution in [2.75, 3.05) is 6.61 Å². The number of nitrogens with zero attached hydrogens (tertiary/aromatic N) is 1. The summed E-state index contributed by atoms with van der Waals surface area (Å²) >= 11 is 5.61. The number of hydrogen-bond acceptors (Lipinski definition) is 3. The van der Waals surface area contributed by atoms with Crippen molar-refractivity contribution in [1.29, 1.82) is 0 Å². The molecular formula is C10H10ClNO2. The van der Waals surface area contributed by atoms with E-state index >= 15 is 0 Å². The van der Waals surface area contributed by atoms with Crippen molar-refractivity contribution in [3.8, 4) is 5.75 Å². The number of ether oxygens (including phenoxy) is 1. The van der Waals surface area contributed by atoms with E-state index < -0.39 is 0 Å². The summed E-state index contributed by atoms with van der Waals surface area (Å²) in [6.07, 6.45) is 0. The molecule has 0 unspecified atom stereocenters. The van der Waals surface area contributed by atoms with Gasteiger partial charge in [0.15, 0.2) is 5.58 Å². The van der Waals surface area contributed by atoms with Crippen LogP contribution in [0.1, 0.15) is 12.8 Å². The molecule has 0 fully saturated rings. The van der Waals surface area contributed by atoms with E-state index in [0.717, 1.165) is 16.8 Å². The Morgan fingerprint density at radius 3 is 3.07 bits per heavy atom. The lowest BCUT2D eigenvalue weighted by Crippen LogP contribution is -1.90. The van der Waals surface area contributed by atoms with Gasteiger partial charge in [-0.25, -0.2) is 4.98 Å². The van der Waals surface area contributed by atoms with E-state index in [2.05, 4.69) is 4.98 Å². The van der Waals surface area contributed by atoms with E-state index in [1.807, 2.05) is 25.1 Å². The van der Waals surface area contributed by atoms with Gasteiger partial charge in [-0.05, 0) is 19.1 Å². The van der Waals surface area contributed by atoms with Crippen molar-refractivity contribution >= 4 is 22.7 Å². The maximum absolute atomic E-state index is 5.61. The monoisotopic (exact) mass is 211 g/mol. The van der Waals surface area contributed by atoms with Gasteiger partial charge < -0.3 is 9.15 Å². The van der Waals surface area contributed by atoms with Gasteiger partial charge in [-0.3, -0.25) is 0 Å². The summed E-state index contributed by atoms with van der Waals surface area (Å²) in [6, 6.07) is 5.54. The van der Waals surface area contributed by atoms with Crippen LogP contribution in [0, 0.1) is 0 Å². The van der Waals surface area contributed by atoms with Crippen LogP contribution in [-0.2, 0) is 5.88 Å². The summed E-state index contributed by atoms with van der Waals surface area (Å²) in [5.41, 5.74) is 1.52. The van der Waals surface area contributed by atoms with Gasteiger partial charge in [-0.2, -0.15) is 0 Å². The number of oxazole rings is 1. The molecule has 0 atom stereocenters. The molecule has 0 N–H and O–H groups in total. The van der Waals surface area contributed by atoms with Gasteiger partial charge in [0.05, 0.1) is 12.5 Å². The van der Waals surface area contributed by atoms with Crippen LogP contribution >= 0.6 is 11.6 Å². The van der Waals surface area contributed by atoms with Crippen LogP contribution in [0.25, 0.3) is 11.1 Å². The maximum Gasteiger partial charge on any atom is 0.210 e. The first-order valence-corrected chi connectivity index (χ1v) is 4.95. The highest BCUT2D eigenvalue weighted by Gasteiger charge is 2.05. The average Bonchev–Trinajstić information content (AvgIpc) is 2.60. The molecule has 4 heteroatoms. The third kappa shape index (κ3) is 1.68. The summed E-state index contributed by atoms with van der Waals surface area (Å²) in [4.78, 5) is 4.20. The summed E-state index contributed by atoms with van der Waals surface area (Å²) in [6.45, 7) is 2.59. The number of aromatic nitrogens is 1. The second-order valence-electron chi connectivity index (χ2n) is 2.80. The molecule has 0 saturated carbocycles. The minimum Gasteiger partial charge on any atom is -0.494 e. The molecule has 14 heavy (non-hydrogen) atoms. The lowest BCUT2D eigenvalue weighted by Gasteiger charge is -2.00. The molecule has 0 bridgehead atoms. The van der Waals surface area contributed by atoms with Crippen LogP contribution in [0.5, 0.6) is 5.75 Å². The summed E-state index contributed by atoms with van der Waals surface area (Å²) in [5, 5.41) is 0. The molecule has 2 rings (SSSR count). The van der Waals surface area contributed by atoms with Crippen LogP contribution in [0.15, 0.2) is 22.6 Å². The Morgan fingerprint density at radius 1 is 1.50 bits per heavy atom. The van der Waals surface area contributed by atoms with Crippen LogP contribution in [0.2, 0.25) is 0 Å². The highest BCUT2D eigenvalue weighted by atomic mass is 35.5. The molecule has 0 saturated heterocycles. The number of halogens is 1. The van der Waals surface area contributed by atoms with Gasteiger partial charge in [0.2, 0.25) is 5.89 Å². The molecule has 3 nitrogen and oxygen atoms in total. The molecule has 1 aromatic carbocycles. The largest absolute Gasteiger partial charge is 0.494 e. The van der Waals surface area contributed by atoms with Crippen LogP contribution < -0.4 is 4.74 Å². The van der Waals surface area contributed by atoms with Crippen molar-refractivity contribution in [3.05, 3.63) is 24.1 Å². The van der Waals surface area contributed by atoms with Gasteiger partial charge in [0, 0.05) is 6.07 Å². The van der Waals surface area contributed by atoms with Gasteiger partial charge in [0.25, 0.3) is 0 Å². The Hall–Kier alpha value is -1.22. The zero-order chi connectivity index (χ0) is 9.97. The van der Waals surface area contributed by atoms with Crippen molar-refractivity contribution in [2.45, 2.75) is 12.8 Å². The highest BCUT2D eigenvalue weighted by Crippen LogP contribution is 2.21. The normalized spacial score (nSPS) is 10.7. The number of benzene rings is 1. The molecule has 2 aromatic rings. The maximum atomic E-state index is 5.61. The molecule has 0 aliphatic heterocycles. The quantitative estimate of drug-likeness (QED) is 0.733. The van der Waals surface area contributed by atoms with Gasteiger partial charge >= 0.3 is 0 Å². The first kappa shape index (κ1) is 9.34. The molecule has 0 spiro atoms. The van der Waals surface area contributed by atoms with Gasteiger partial charge in [-0.15, -0.1) is 11.6 Å². The summed E-state index contributed by atoms with van der Waals surface area (Å²) in [5.74, 6) is 1.63. The molecule has 0 aliphatic rings. The van der Waals surface area contributed by atoms with Crippen LogP contribution in [0.3, 0.4) is 0 Å². The van der Waals surface area contributed by atoms with Crippen LogP contribution in [0.4, 0.5) is 0 Å². The zero-order valence-electron chi connectivity index (χ0n) is 7.79. The zero-order valence-corrected chi connectivity index (χ0v) is 8.54. The average molecular weight is 212 g/mol. The smallest absolute Gasteiger partial charge is 0.210 e. The van der Waals surface area contributed by atoms with Gasteiger partial charge in [0.1, 0.15) is 11.3 Å². The molecule has 0 amide bonds.